The Hall–Kier alpha value is -1.21. The van der Waals surface area contributed by atoms with Gasteiger partial charge in [0, 0.05) is 18.7 Å². The Morgan fingerprint density at radius 1 is 0.812 bits per heavy atom. The Bertz CT molecular complexity index is 367. The van der Waals surface area contributed by atoms with E-state index >= 15 is 0 Å². The van der Waals surface area contributed by atoms with Crippen LogP contribution in [0.25, 0.3) is 0 Å². The van der Waals surface area contributed by atoms with E-state index in [2.05, 4.69) is 5.32 Å². The molecule has 2 N–H and O–H groups in total. The Balaban J connectivity index is 3.08. The first-order valence-corrected chi connectivity index (χ1v) is 4.32. The largest absolute Gasteiger partial charge is 0.395 e. The second-order valence-corrected chi connectivity index (χ2v) is 2.95. The lowest BCUT2D eigenvalue weighted by Crippen LogP contribution is -2.20. The molecule has 0 fully saturated rings. The van der Waals surface area contributed by atoms with Gasteiger partial charge in [0.15, 0.2) is 23.3 Å². The summed E-state index contributed by atoms with van der Waals surface area (Å²) in [7, 11) is 0. The quantitative estimate of drug-likeness (QED) is 0.362. The lowest BCUT2D eigenvalue weighted by Gasteiger charge is -2.08. The van der Waals surface area contributed by atoms with E-state index in [1.165, 1.54) is 0 Å². The molecule has 0 saturated carbocycles. The fourth-order valence-electron chi connectivity index (χ4n) is 1.10. The van der Waals surface area contributed by atoms with Crippen LogP contribution in [0.4, 0.5) is 22.0 Å². The molecular weight excluding hydrogens is 233 g/mol. The first-order chi connectivity index (χ1) is 7.50. The highest BCUT2D eigenvalue weighted by Gasteiger charge is 2.24. The van der Waals surface area contributed by atoms with Gasteiger partial charge in [-0.3, -0.25) is 0 Å². The van der Waals surface area contributed by atoms with Gasteiger partial charge in [-0.1, -0.05) is 0 Å². The number of hydrogen-bond donors (Lipinski definition) is 2. The summed E-state index contributed by atoms with van der Waals surface area (Å²) in [5.74, 6) is -9.84. The van der Waals surface area contributed by atoms with Crippen LogP contribution in [-0.4, -0.2) is 18.3 Å². The van der Waals surface area contributed by atoms with Gasteiger partial charge < -0.3 is 10.4 Å². The van der Waals surface area contributed by atoms with E-state index in [4.69, 9.17) is 5.11 Å². The molecule has 2 nitrogen and oxygen atoms in total. The highest BCUT2D eigenvalue weighted by Crippen LogP contribution is 2.22. The molecule has 0 bridgehead atoms. The molecule has 1 aromatic rings. The first kappa shape index (κ1) is 12.9. The van der Waals surface area contributed by atoms with E-state index in [0.29, 0.717) is 0 Å². The maximum Gasteiger partial charge on any atom is 0.200 e. The van der Waals surface area contributed by atoms with E-state index in [1.807, 2.05) is 0 Å². The minimum Gasteiger partial charge on any atom is -0.395 e. The Kier molecular flexibility index (Phi) is 4.19. The zero-order chi connectivity index (χ0) is 12.3. The van der Waals surface area contributed by atoms with Gasteiger partial charge in [-0.15, -0.1) is 0 Å². The molecule has 0 aliphatic rings. The summed E-state index contributed by atoms with van der Waals surface area (Å²) in [4.78, 5) is 0. The molecule has 0 spiro atoms. The molecule has 0 aliphatic carbocycles. The summed E-state index contributed by atoms with van der Waals surface area (Å²) in [6.45, 7) is -0.874. The van der Waals surface area contributed by atoms with Crippen LogP contribution in [0.5, 0.6) is 0 Å². The summed E-state index contributed by atoms with van der Waals surface area (Å²) in [6, 6.07) is 0. The van der Waals surface area contributed by atoms with Crippen molar-refractivity contribution in [3.8, 4) is 0 Å². The van der Waals surface area contributed by atoms with Crippen molar-refractivity contribution in [3.05, 3.63) is 34.6 Å². The molecule has 0 saturated heterocycles. The van der Waals surface area contributed by atoms with Crippen LogP contribution in [0, 0.1) is 29.1 Å². The number of hydrogen-bond acceptors (Lipinski definition) is 2. The average Bonchev–Trinajstić information content (AvgIpc) is 2.28. The van der Waals surface area contributed by atoms with Crippen molar-refractivity contribution in [1.29, 1.82) is 0 Å². The van der Waals surface area contributed by atoms with E-state index in [1.54, 1.807) is 0 Å². The molecule has 1 rings (SSSR count). The Morgan fingerprint density at radius 2 is 1.25 bits per heavy atom. The Labute approximate surface area is 87.7 Å². The third-order valence-corrected chi connectivity index (χ3v) is 1.89. The molecule has 0 radical (unpaired) electrons. The second kappa shape index (κ2) is 5.22. The summed E-state index contributed by atoms with van der Waals surface area (Å²) in [6.07, 6.45) is 0. The number of nitrogens with one attached hydrogen (secondary N) is 1. The highest BCUT2D eigenvalue weighted by molar-refractivity contribution is 5.23. The van der Waals surface area contributed by atoms with Crippen LogP contribution in [0.15, 0.2) is 0 Å². The number of halogens is 5. The lowest BCUT2D eigenvalue weighted by atomic mass is 10.1. The number of rotatable bonds is 4. The van der Waals surface area contributed by atoms with Crippen molar-refractivity contribution in [2.24, 2.45) is 0 Å². The smallest absolute Gasteiger partial charge is 0.200 e. The normalized spacial score (nSPS) is 10.9. The van der Waals surface area contributed by atoms with Gasteiger partial charge >= 0.3 is 0 Å². The van der Waals surface area contributed by atoms with E-state index in [-0.39, 0.29) is 13.2 Å². The Morgan fingerprint density at radius 3 is 1.69 bits per heavy atom. The molecule has 7 heteroatoms. The van der Waals surface area contributed by atoms with Crippen LogP contribution in [-0.2, 0) is 6.54 Å². The van der Waals surface area contributed by atoms with Crippen molar-refractivity contribution in [2.75, 3.05) is 13.2 Å². The van der Waals surface area contributed by atoms with Crippen LogP contribution in [0.2, 0.25) is 0 Å². The van der Waals surface area contributed by atoms with E-state index < -0.39 is 41.2 Å². The molecule has 16 heavy (non-hydrogen) atoms. The number of aliphatic hydroxyl groups is 1. The van der Waals surface area contributed by atoms with Crippen molar-refractivity contribution in [3.63, 3.8) is 0 Å². The fraction of sp³-hybridized carbons (Fsp3) is 0.333. The zero-order valence-electron chi connectivity index (χ0n) is 7.96. The monoisotopic (exact) mass is 241 g/mol. The SMILES string of the molecule is OCCNCc1c(F)c(F)c(F)c(F)c1F. The van der Waals surface area contributed by atoms with Crippen LogP contribution >= 0.6 is 0 Å². The highest BCUT2D eigenvalue weighted by atomic mass is 19.2. The maximum absolute atomic E-state index is 13.0. The number of aliphatic hydroxyl groups excluding tert-OH is 1. The van der Waals surface area contributed by atoms with Crippen molar-refractivity contribution in [2.45, 2.75) is 6.54 Å². The maximum atomic E-state index is 13.0. The predicted octanol–water partition coefficient (Wildman–Crippen LogP) is 1.46. The molecule has 0 amide bonds. The lowest BCUT2D eigenvalue weighted by molar-refractivity contribution is 0.290. The summed E-state index contributed by atoms with van der Waals surface area (Å²) < 4.78 is 64.0. The van der Waals surface area contributed by atoms with E-state index in [0.717, 1.165) is 0 Å². The molecule has 0 heterocycles. The zero-order valence-corrected chi connectivity index (χ0v) is 7.96. The summed E-state index contributed by atoms with van der Waals surface area (Å²) in [5, 5.41) is 10.7. The van der Waals surface area contributed by atoms with E-state index in [9.17, 15) is 22.0 Å². The van der Waals surface area contributed by atoms with Gasteiger partial charge in [0.2, 0.25) is 5.82 Å². The van der Waals surface area contributed by atoms with Gasteiger partial charge in [0.05, 0.1) is 6.61 Å². The molecule has 0 aromatic heterocycles. The average molecular weight is 241 g/mol. The molecule has 0 atom stereocenters. The minimum absolute atomic E-state index is 0.0144. The molecule has 0 unspecified atom stereocenters. The predicted molar refractivity (Wildman–Crippen MR) is 45.0 cm³/mol. The van der Waals surface area contributed by atoms with Gasteiger partial charge in [-0.2, -0.15) is 0 Å². The van der Waals surface area contributed by atoms with Crippen molar-refractivity contribution >= 4 is 0 Å². The molecule has 1 aromatic carbocycles. The van der Waals surface area contributed by atoms with Crippen molar-refractivity contribution < 1.29 is 27.1 Å². The summed E-state index contributed by atoms with van der Waals surface area (Å²) >= 11 is 0. The minimum atomic E-state index is -2.18. The van der Waals surface area contributed by atoms with Gasteiger partial charge in [-0.25, -0.2) is 22.0 Å². The molecular formula is C9H8F5NO. The molecule has 90 valence electrons. The van der Waals surface area contributed by atoms with Crippen LogP contribution in [0.3, 0.4) is 0 Å². The van der Waals surface area contributed by atoms with Crippen molar-refractivity contribution in [1.82, 2.24) is 5.32 Å². The fourth-order valence-corrected chi connectivity index (χ4v) is 1.10. The first-order valence-electron chi connectivity index (χ1n) is 4.32. The molecule has 0 aliphatic heterocycles. The summed E-state index contributed by atoms with van der Waals surface area (Å²) in [5.41, 5.74) is -0.940. The second-order valence-electron chi connectivity index (χ2n) is 2.95. The van der Waals surface area contributed by atoms with Gasteiger partial charge in [0.25, 0.3) is 0 Å². The van der Waals surface area contributed by atoms with Crippen LogP contribution < -0.4 is 5.32 Å². The standard InChI is InChI=1S/C9H8F5NO/c10-5-4(3-15-1-2-16)6(11)8(13)9(14)7(5)12/h15-16H,1-3H2. The number of benzene rings is 1. The van der Waals surface area contributed by atoms with Crippen LogP contribution in [0.1, 0.15) is 5.56 Å². The third-order valence-electron chi connectivity index (χ3n) is 1.89. The third kappa shape index (κ3) is 2.30. The topological polar surface area (TPSA) is 32.3 Å². The van der Waals surface area contributed by atoms with Gasteiger partial charge in [-0.05, 0) is 0 Å². The van der Waals surface area contributed by atoms with Gasteiger partial charge in [0.1, 0.15) is 0 Å².